The van der Waals surface area contributed by atoms with E-state index in [1.165, 1.54) is 27.5 Å². The van der Waals surface area contributed by atoms with Crippen LogP contribution in [0.25, 0.3) is 77.0 Å². The Hall–Kier alpha value is -7.02. The number of nitrogens with one attached hydrogen (secondary N) is 2. The van der Waals surface area contributed by atoms with Crippen molar-refractivity contribution in [1.82, 2.24) is 15.6 Å². The van der Waals surface area contributed by atoms with Crippen molar-refractivity contribution in [2.75, 3.05) is 0 Å². The third-order valence-electron chi connectivity index (χ3n) is 10.7. The van der Waals surface area contributed by atoms with E-state index in [1.807, 2.05) is 36.4 Å². The summed E-state index contributed by atoms with van der Waals surface area (Å²) in [7, 11) is 0. The summed E-state index contributed by atoms with van der Waals surface area (Å²) >= 11 is 0. The van der Waals surface area contributed by atoms with Crippen molar-refractivity contribution >= 4 is 60.6 Å². The minimum atomic E-state index is -0.257. The molecule has 10 aromatic rings. The average Bonchev–Trinajstić information content (AvgIpc) is 3.82. The highest BCUT2D eigenvalue weighted by atomic mass is 16.3. The van der Waals surface area contributed by atoms with Crippen LogP contribution in [0, 0.1) is 0 Å². The largest absolute Gasteiger partial charge is 0.456 e. The van der Waals surface area contributed by atoms with Gasteiger partial charge < -0.3 is 14.2 Å². The maximum atomic E-state index is 6.25. The Morgan fingerprint density at radius 2 is 1.13 bits per heavy atom. The van der Waals surface area contributed by atoms with Crippen molar-refractivity contribution < 1.29 is 8.83 Å². The summed E-state index contributed by atoms with van der Waals surface area (Å²) in [6.45, 7) is 0. The Bertz CT molecular complexity index is 3070. The number of aromatic nitrogens is 1. The Morgan fingerprint density at radius 1 is 0.463 bits per heavy atom. The first kappa shape index (κ1) is 30.6. The van der Waals surface area contributed by atoms with Crippen molar-refractivity contribution in [3.8, 4) is 22.3 Å². The molecule has 2 N–H and O–H groups in total. The van der Waals surface area contributed by atoms with Crippen LogP contribution in [-0.2, 0) is 0 Å². The molecule has 6 nitrogen and oxygen atoms in total. The number of nitrogens with zero attached hydrogens (tertiary/aromatic N) is 2. The van der Waals surface area contributed by atoms with E-state index in [2.05, 4.69) is 143 Å². The standard InChI is InChI=1S/C48H32N4O2/c1-2-11-30(12-3-1)45-50-46(52-47(51-45)38-17-9-21-42-44(38)39-18-10-28-49-48(39)54-42)31-24-22-29(23-25-31)32-26-27-35(34-14-5-4-13-33(32)34)36-16-8-20-41-43(36)37-15-6-7-19-40(37)53-41/h1-28,45,47,51H,(H,50,52). The molecular weight excluding hydrogens is 665 g/mol. The van der Waals surface area contributed by atoms with Crippen molar-refractivity contribution in [2.45, 2.75) is 12.3 Å². The summed E-state index contributed by atoms with van der Waals surface area (Å²) in [6, 6.07) is 57.2. The maximum Gasteiger partial charge on any atom is 0.227 e. The van der Waals surface area contributed by atoms with Crippen molar-refractivity contribution in [2.24, 2.45) is 4.99 Å². The highest BCUT2D eigenvalue weighted by Gasteiger charge is 2.28. The van der Waals surface area contributed by atoms with Crippen LogP contribution in [-0.4, -0.2) is 10.8 Å². The molecule has 0 amide bonds. The van der Waals surface area contributed by atoms with Gasteiger partial charge in [0.25, 0.3) is 0 Å². The number of rotatable bonds is 5. The fourth-order valence-electron chi connectivity index (χ4n) is 8.19. The lowest BCUT2D eigenvalue weighted by Crippen LogP contribution is -2.45. The molecule has 4 heterocycles. The molecule has 256 valence electrons. The van der Waals surface area contributed by atoms with Crippen LogP contribution in [0.1, 0.15) is 29.0 Å². The SMILES string of the molecule is c1ccc(C2N=C(c3ccc(-c4ccc(-c5cccc6oc7ccccc7c56)c5ccccc45)cc3)NC(c3cccc4oc5ncccc5c34)N2)cc1. The first-order chi connectivity index (χ1) is 26.8. The van der Waals surface area contributed by atoms with E-state index in [0.29, 0.717) is 5.71 Å². The van der Waals surface area contributed by atoms with Crippen LogP contribution in [0.2, 0.25) is 0 Å². The lowest BCUT2D eigenvalue weighted by Gasteiger charge is -2.32. The molecule has 54 heavy (non-hydrogen) atoms. The first-order valence-electron chi connectivity index (χ1n) is 18.2. The zero-order valence-corrected chi connectivity index (χ0v) is 29.0. The topological polar surface area (TPSA) is 75.6 Å². The lowest BCUT2D eigenvalue weighted by atomic mass is 9.90. The molecular formula is C48H32N4O2. The summed E-state index contributed by atoms with van der Waals surface area (Å²) in [5, 5.41) is 14.2. The predicted molar refractivity (Wildman–Crippen MR) is 218 cm³/mol. The minimum absolute atomic E-state index is 0.236. The maximum absolute atomic E-state index is 6.25. The molecule has 0 fully saturated rings. The van der Waals surface area contributed by atoms with E-state index in [-0.39, 0.29) is 12.3 Å². The number of pyridine rings is 1. The van der Waals surface area contributed by atoms with Crippen LogP contribution in [0.15, 0.2) is 184 Å². The summed E-state index contributed by atoms with van der Waals surface area (Å²) in [6.07, 6.45) is 1.27. The number of aliphatic imine (C=N–C) groups is 1. The van der Waals surface area contributed by atoms with E-state index in [1.54, 1.807) is 6.20 Å². The number of hydrogen-bond acceptors (Lipinski definition) is 6. The predicted octanol–water partition coefficient (Wildman–Crippen LogP) is 11.7. The summed E-state index contributed by atoms with van der Waals surface area (Å²) in [4.78, 5) is 9.71. The Balaban J connectivity index is 0.988. The molecule has 7 aromatic carbocycles. The molecule has 0 radical (unpaired) electrons. The number of hydrogen-bond donors (Lipinski definition) is 2. The fourth-order valence-corrected chi connectivity index (χ4v) is 8.19. The van der Waals surface area contributed by atoms with Gasteiger partial charge in [-0.25, -0.2) is 9.98 Å². The van der Waals surface area contributed by atoms with Gasteiger partial charge >= 0.3 is 0 Å². The molecule has 0 saturated carbocycles. The molecule has 0 aliphatic carbocycles. The van der Waals surface area contributed by atoms with E-state index < -0.39 is 0 Å². The van der Waals surface area contributed by atoms with Crippen LogP contribution in [0.5, 0.6) is 0 Å². The Labute approximate surface area is 310 Å². The van der Waals surface area contributed by atoms with E-state index in [9.17, 15) is 0 Å². The number of fused-ring (bicyclic) bond motifs is 7. The quantitative estimate of drug-likeness (QED) is 0.187. The molecule has 0 saturated heterocycles. The van der Waals surface area contributed by atoms with Gasteiger partial charge in [0.05, 0.1) is 0 Å². The van der Waals surface area contributed by atoms with Gasteiger partial charge in [-0.3, -0.25) is 5.32 Å². The van der Waals surface area contributed by atoms with Gasteiger partial charge in [-0.15, -0.1) is 0 Å². The normalized spacial score (nSPS) is 16.0. The molecule has 2 unspecified atom stereocenters. The van der Waals surface area contributed by atoms with Crippen LogP contribution in [0.3, 0.4) is 0 Å². The van der Waals surface area contributed by atoms with Gasteiger partial charge in [0, 0.05) is 38.9 Å². The second-order valence-electron chi connectivity index (χ2n) is 13.8. The van der Waals surface area contributed by atoms with Crippen molar-refractivity contribution in [3.05, 3.63) is 187 Å². The van der Waals surface area contributed by atoms with Gasteiger partial charge in [0.2, 0.25) is 5.71 Å². The molecule has 11 rings (SSSR count). The van der Waals surface area contributed by atoms with E-state index in [0.717, 1.165) is 66.4 Å². The third-order valence-corrected chi connectivity index (χ3v) is 10.7. The van der Waals surface area contributed by atoms with Crippen LogP contribution in [0.4, 0.5) is 0 Å². The zero-order valence-electron chi connectivity index (χ0n) is 29.0. The van der Waals surface area contributed by atoms with Crippen LogP contribution >= 0.6 is 0 Å². The summed E-state index contributed by atoms with van der Waals surface area (Å²) in [5.74, 6) is 0.822. The van der Waals surface area contributed by atoms with Crippen LogP contribution < -0.4 is 10.6 Å². The van der Waals surface area contributed by atoms with Gasteiger partial charge in [0.15, 0.2) is 0 Å². The smallest absolute Gasteiger partial charge is 0.227 e. The van der Waals surface area contributed by atoms with Gasteiger partial charge in [-0.2, -0.15) is 0 Å². The number of furan rings is 2. The Morgan fingerprint density at radius 3 is 1.98 bits per heavy atom. The molecule has 2 atom stereocenters. The lowest BCUT2D eigenvalue weighted by molar-refractivity contribution is 0.411. The second kappa shape index (κ2) is 12.3. The van der Waals surface area contributed by atoms with Gasteiger partial charge in [-0.1, -0.05) is 133 Å². The number of benzene rings is 7. The molecule has 0 spiro atoms. The highest BCUT2D eigenvalue weighted by Crippen LogP contribution is 2.42. The molecule has 0 bridgehead atoms. The third kappa shape index (κ3) is 4.92. The first-order valence-corrected chi connectivity index (χ1v) is 18.2. The zero-order chi connectivity index (χ0) is 35.6. The molecule has 1 aliphatic heterocycles. The second-order valence-corrected chi connectivity index (χ2v) is 13.8. The fraction of sp³-hybridized carbons (Fsp3) is 0.0417. The van der Waals surface area contributed by atoms with Crippen molar-refractivity contribution in [1.29, 1.82) is 0 Å². The minimum Gasteiger partial charge on any atom is -0.456 e. The number of amidine groups is 1. The highest BCUT2D eigenvalue weighted by molar-refractivity contribution is 6.16. The Kier molecular flexibility index (Phi) is 6.97. The molecule has 1 aliphatic rings. The summed E-state index contributed by atoms with van der Waals surface area (Å²) < 4.78 is 12.4. The van der Waals surface area contributed by atoms with E-state index in [4.69, 9.17) is 13.8 Å². The summed E-state index contributed by atoms with van der Waals surface area (Å²) in [5.41, 5.74) is 11.1. The van der Waals surface area contributed by atoms with Gasteiger partial charge in [-0.05, 0) is 68.9 Å². The van der Waals surface area contributed by atoms with Crippen molar-refractivity contribution in [3.63, 3.8) is 0 Å². The van der Waals surface area contributed by atoms with Gasteiger partial charge in [0.1, 0.15) is 34.9 Å². The molecule has 6 heteroatoms. The monoisotopic (exact) mass is 696 g/mol. The van der Waals surface area contributed by atoms with E-state index >= 15 is 0 Å². The molecule has 3 aromatic heterocycles. The average molecular weight is 697 g/mol. The number of para-hydroxylation sites is 1.